The number of halogens is 1. The molecule has 3 aromatic carbocycles. The molecule has 2 amide bonds. The molecule has 0 unspecified atom stereocenters. The highest BCUT2D eigenvalue weighted by Gasteiger charge is 2.29. The number of nitrogens with one attached hydrogen (secondary N) is 2. The van der Waals surface area contributed by atoms with Gasteiger partial charge in [-0.15, -0.1) is 0 Å². The zero-order valence-electron chi connectivity index (χ0n) is 21.8. The van der Waals surface area contributed by atoms with E-state index in [0.717, 1.165) is 48.5 Å². The second kappa shape index (κ2) is 12.0. The van der Waals surface area contributed by atoms with Crippen LogP contribution >= 0.6 is 0 Å². The molecule has 1 fully saturated rings. The van der Waals surface area contributed by atoms with Crippen LogP contribution in [0.3, 0.4) is 0 Å². The highest BCUT2D eigenvalue weighted by molar-refractivity contribution is 7.92. The van der Waals surface area contributed by atoms with Crippen molar-refractivity contribution in [1.82, 2.24) is 5.32 Å². The van der Waals surface area contributed by atoms with Gasteiger partial charge in [0.25, 0.3) is 15.9 Å². The number of anilines is 2. The molecule has 0 atom stereocenters. The van der Waals surface area contributed by atoms with E-state index in [4.69, 9.17) is 9.47 Å². The molecule has 5 rings (SSSR count). The first-order valence-electron chi connectivity index (χ1n) is 13.2. The zero-order chi connectivity index (χ0) is 28.1. The number of nitrogens with zero attached hydrogens (tertiary/aromatic N) is 1. The van der Waals surface area contributed by atoms with Gasteiger partial charge < -0.3 is 20.1 Å². The zero-order valence-corrected chi connectivity index (χ0v) is 22.6. The summed E-state index contributed by atoms with van der Waals surface area (Å²) in [5, 5.41) is 5.73. The summed E-state index contributed by atoms with van der Waals surface area (Å²) in [5.41, 5.74) is 0.635. The van der Waals surface area contributed by atoms with Crippen molar-refractivity contribution in [2.75, 3.05) is 29.4 Å². The predicted molar refractivity (Wildman–Crippen MR) is 148 cm³/mol. The van der Waals surface area contributed by atoms with Crippen LogP contribution in [0, 0.1) is 5.82 Å². The first kappa shape index (κ1) is 27.4. The van der Waals surface area contributed by atoms with Crippen LogP contribution in [0.1, 0.15) is 42.5 Å². The van der Waals surface area contributed by atoms with E-state index in [0.29, 0.717) is 12.4 Å². The van der Waals surface area contributed by atoms with Gasteiger partial charge in [-0.3, -0.25) is 13.9 Å². The normalized spacial score (nSPS) is 15.2. The molecule has 1 heterocycles. The molecule has 40 heavy (non-hydrogen) atoms. The average molecular weight is 568 g/mol. The van der Waals surface area contributed by atoms with E-state index in [1.807, 2.05) is 0 Å². The van der Waals surface area contributed by atoms with Crippen LogP contribution in [-0.4, -0.2) is 46.0 Å². The molecule has 1 saturated carbocycles. The summed E-state index contributed by atoms with van der Waals surface area (Å²) >= 11 is 0. The maximum atomic E-state index is 13.8. The lowest BCUT2D eigenvalue weighted by Crippen LogP contribution is -2.39. The molecule has 1 aliphatic carbocycles. The van der Waals surface area contributed by atoms with Gasteiger partial charge in [0.05, 0.1) is 21.8 Å². The summed E-state index contributed by atoms with van der Waals surface area (Å²) in [5.74, 6) is -0.846. The predicted octanol–water partition coefficient (Wildman–Crippen LogP) is 4.49. The van der Waals surface area contributed by atoms with E-state index in [1.54, 1.807) is 24.3 Å². The molecule has 0 radical (unpaired) electrons. The van der Waals surface area contributed by atoms with Crippen LogP contribution in [0.5, 0.6) is 11.5 Å². The van der Waals surface area contributed by atoms with Crippen molar-refractivity contribution in [3.8, 4) is 11.5 Å². The first-order valence-corrected chi connectivity index (χ1v) is 14.6. The second-order valence-corrected chi connectivity index (χ2v) is 11.6. The van der Waals surface area contributed by atoms with Gasteiger partial charge in [-0.2, -0.15) is 0 Å². The SMILES string of the molecule is O=C(CN(c1ccc(F)cc1)S(=O)(=O)c1ccc2c(c1)OCCO2)Nc1ccccc1C(=O)NC1CCCCC1. The molecule has 1 aliphatic heterocycles. The van der Waals surface area contributed by atoms with E-state index in [-0.39, 0.29) is 46.1 Å². The molecule has 11 heteroatoms. The number of sulfonamides is 1. The second-order valence-electron chi connectivity index (χ2n) is 9.70. The molecular formula is C29H30FN3O6S. The van der Waals surface area contributed by atoms with E-state index in [9.17, 15) is 22.4 Å². The van der Waals surface area contributed by atoms with E-state index in [1.165, 1.54) is 30.3 Å². The van der Waals surface area contributed by atoms with Crippen molar-refractivity contribution in [3.63, 3.8) is 0 Å². The Morgan fingerprint density at radius 3 is 2.35 bits per heavy atom. The Hall–Kier alpha value is -4.12. The third kappa shape index (κ3) is 6.20. The lowest BCUT2D eigenvalue weighted by Gasteiger charge is -2.26. The van der Waals surface area contributed by atoms with Crippen LogP contribution in [0.25, 0.3) is 0 Å². The van der Waals surface area contributed by atoms with Crippen molar-refractivity contribution < 1.29 is 31.9 Å². The third-order valence-corrected chi connectivity index (χ3v) is 8.66. The smallest absolute Gasteiger partial charge is 0.264 e. The molecule has 2 aliphatic rings. The molecule has 0 spiro atoms. The van der Waals surface area contributed by atoms with E-state index < -0.39 is 28.3 Å². The topological polar surface area (TPSA) is 114 Å². The van der Waals surface area contributed by atoms with Crippen molar-refractivity contribution in [2.24, 2.45) is 0 Å². The van der Waals surface area contributed by atoms with Gasteiger partial charge >= 0.3 is 0 Å². The number of carbonyl (C=O) groups is 2. The molecule has 0 bridgehead atoms. The number of amides is 2. The number of hydrogen-bond acceptors (Lipinski definition) is 6. The lowest BCUT2D eigenvalue weighted by atomic mass is 9.95. The van der Waals surface area contributed by atoms with Crippen molar-refractivity contribution in [2.45, 2.75) is 43.0 Å². The number of ether oxygens (including phenoxy) is 2. The van der Waals surface area contributed by atoms with Crippen LogP contribution in [-0.2, 0) is 14.8 Å². The Kier molecular flexibility index (Phi) is 8.20. The standard InChI is InChI=1S/C29H30FN3O6S/c30-20-10-12-22(13-11-20)33(40(36,37)23-14-15-26-27(18-23)39-17-16-38-26)19-28(34)32-25-9-5-4-8-24(25)29(35)31-21-6-2-1-3-7-21/h4-5,8-15,18,21H,1-3,6-7,16-17,19H2,(H,31,35)(H,32,34). The first-order chi connectivity index (χ1) is 19.3. The van der Waals surface area contributed by atoms with Crippen molar-refractivity contribution in [3.05, 3.63) is 78.1 Å². The maximum absolute atomic E-state index is 13.8. The van der Waals surface area contributed by atoms with Crippen molar-refractivity contribution >= 4 is 33.2 Å². The average Bonchev–Trinajstić information content (AvgIpc) is 2.97. The third-order valence-electron chi connectivity index (χ3n) is 6.89. The number of fused-ring (bicyclic) bond motifs is 1. The Morgan fingerprint density at radius 1 is 0.900 bits per heavy atom. The van der Waals surface area contributed by atoms with Crippen LogP contribution in [0.2, 0.25) is 0 Å². The summed E-state index contributed by atoms with van der Waals surface area (Å²) in [4.78, 5) is 26.2. The highest BCUT2D eigenvalue weighted by atomic mass is 32.2. The minimum atomic E-state index is -4.30. The molecule has 3 aromatic rings. The summed E-state index contributed by atoms with van der Waals surface area (Å²) in [6, 6.07) is 15.6. The van der Waals surface area contributed by atoms with Crippen LogP contribution in [0.15, 0.2) is 71.6 Å². The van der Waals surface area contributed by atoms with Crippen molar-refractivity contribution in [1.29, 1.82) is 0 Å². The molecule has 0 saturated heterocycles. The monoisotopic (exact) mass is 567 g/mol. The minimum absolute atomic E-state index is 0.0788. The van der Waals surface area contributed by atoms with Crippen LogP contribution in [0.4, 0.5) is 15.8 Å². The summed E-state index contributed by atoms with van der Waals surface area (Å²) in [6.45, 7) is -0.00354. The van der Waals surface area contributed by atoms with E-state index in [2.05, 4.69) is 10.6 Å². The van der Waals surface area contributed by atoms with Crippen LogP contribution < -0.4 is 24.4 Å². The largest absolute Gasteiger partial charge is 0.486 e. The molecular weight excluding hydrogens is 537 g/mol. The molecule has 9 nitrogen and oxygen atoms in total. The fourth-order valence-corrected chi connectivity index (χ4v) is 6.29. The van der Waals surface area contributed by atoms with Gasteiger partial charge in [-0.05, 0) is 61.4 Å². The Labute approximate surface area is 232 Å². The number of rotatable bonds is 8. The summed E-state index contributed by atoms with van der Waals surface area (Å²) in [7, 11) is -4.30. The van der Waals surface area contributed by atoms with Gasteiger partial charge in [0, 0.05) is 12.1 Å². The molecule has 210 valence electrons. The highest BCUT2D eigenvalue weighted by Crippen LogP contribution is 2.34. The number of benzene rings is 3. The quantitative estimate of drug-likeness (QED) is 0.415. The van der Waals surface area contributed by atoms with Gasteiger partial charge in [-0.1, -0.05) is 31.4 Å². The minimum Gasteiger partial charge on any atom is -0.486 e. The number of carbonyl (C=O) groups excluding carboxylic acids is 2. The lowest BCUT2D eigenvalue weighted by molar-refractivity contribution is -0.114. The van der Waals surface area contributed by atoms with Gasteiger partial charge in [0.15, 0.2) is 11.5 Å². The van der Waals surface area contributed by atoms with E-state index >= 15 is 0 Å². The summed E-state index contributed by atoms with van der Waals surface area (Å²) < 4.78 is 53.1. The van der Waals surface area contributed by atoms with Gasteiger partial charge in [0.2, 0.25) is 5.91 Å². The number of para-hydroxylation sites is 1. The number of hydrogen-bond donors (Lipinski definition) is 2. The van der Waals surface area contributed by atoms with Gasteiger partial charge in [0.1, 0.15) is 25.6 Å². The fraction of sp³-hybridized carbons (Fsp3) is 0.310. The Bertz CT molecular complexity index is 1490. The molecule has 2 N–H and O–H groups in total. The fourth-order valence-electron chi connectivity index (χ4n) is 4.85. The van der Waals surface area contributed by atoms with Gasteiger partial charge in [-0.25, -0.2) is 12.8 Å². The summed E-state index contributed by atoms with van der Waals surface area (Å²) in [6.07, 6.45) is 5.08. The Morgan fingerprint density at radius 2 is 1.60 bits per heavy atom. The maximum Gasteiger partial charge on any atom is 0.264 e. The Balaban J connectivity index is 1.39. The molecule has 0 aromatic heterocycles.